The van der Waals surface area contributed by atoms with Crippen LogP contribution in [0, 0.1) is 5.92 Å². The van der Waals surface area contributed by atoms with E-state index in [0.717, 1.165) is 38.9 Å². The van der Waals surface area contributed by atoms with Gasteiger partial charge in [-0.25, -0.2) is 0 Å². The average molecular weight is 402 g/mol. The second-order valence-electron chi connectivity index (χ2n) is 7.68. The lowest BCUT2D eigenvalue weighted by molar-refractivity contribution is -0.918. The molecule has 1 aromatic carbocycles. The maximum atomic E-state index is 12.8. The zero-order valence-corrected chi connectivity index (χ0v) is 17.4. The normalized spacial score (nSPS) is 27.1. The summed E-state index contributed by atoms with van der Waals surface area (Å²) < 4.78 is 0. The first kappa shape index (κ1) is 20.6. The molecule has 3 rings (SSSR count). The molecular weight excluding hydrogens is 372 g/mol. The summed E-state index contributed by atoms with van der Waals surface area (Å²) >= 11 is 5.18. The Morgan fingerprint density at radius 3 is 2.61 bits per heavy atom. The van der Waals surface area contributed by atoms with Crippen LogP contribution in [-0.2, 0) is 16.1 Å². The van der Waals surface area contributed by atoms with Crippen LogP contribution in [0.2, 0.25) is 0 Å². The number of rotatable bonds is 6. The SMILES string of the molecule is CC[C@H](C)N1C(=O)[C@H](C=NC2CC[NH+](Cc3ccccc3)CC2)C(=O)NC1=S. The van der Waals surface area contributed by atoms with Crippen LogP contribution in [0.5, 0.6) is 0 Å². The highest BCUT2D eigenvalue weighted by molar-refractivity contribution is 7.80. The highest BCUT2D eigenvalue weighted by Crippen LogP contribution is 2.15. The van der Waals surface area contributed by atoms with Gasteiger partial charge in [-0.05, 0) is 25.6 Å². The first-order valence-corrected chi connectivity index (χ1v) is 10.5. The van der Waals surface area contributed by atoms with Crippen molar-refractivity contribution in [3.8, 4) is 0 Å². The Kier molecular flexibility index (Phi) is 6.91. The minimum Gasteiger partial charge on any atom is -0.331 e. The third-order valence-corrected chi connectivity index (χ3v) is 5.97. The summed E-state index contributed by atoms with van der Waals surface area (Å²) in [6.45, 7) is 7.05. The third kappa shape index (κ3) is 4.83. The Morgan fingerprint density at radius 2 is 1.96 bits per heavy atom. The molecule has 0 aromatic heterocycles. The van der Waals surface area contributed by atoms with Crippen molar-refractivity contribution >= 4 is 35.4 Å². The van der Waals surface area contributed by atoms with E-state index in [1.807, 2.05) is 19.9 Å². The fourth-order valence-corrected chi connectivity index (χ4v) is 4.14. The highest BCUT2D eigenvalue weighted by atomic mass is 32.1. The predicted molar refractivity (Wildman–Crippen MR) is 113 cm³/mol. The van der Waals surface area contributed by atoms with Gasteiger partial charge >= 0.3 is 0 Å². The number of aliphatic imine (C=N–C) groups is 1. The smallest absolute Gasteiger partial charge is 0.247 e. The Hall–Kier alpha value is -2.12. The van der Waals surface area contributed by atoms with Gasteiger partial charge in [-0.2, -0.15) is 0 Å². The maximum absolute atomic E-state index is 12.8. The molecule has 0 radical (unpaired) electrons. The summed E-state index contributed by atoms with van der Waals surface area (Å²) in [6.07, 6.45) is 4.25. The molecular formula is C21H29N4O2S+. The lowest BCUT2D eigenvalue weighted by Gasteiger charge is -2.35. The standard InChI is InChI=1S/C21H28N4O2S/c1-3-15(2)25-20(27)18(19(26)23-21(25)28)13-22-17-9-11-24(12-10-17)14-16-7-5-4-6-8-16/h4-8,13,15,17-18H,3,9-12,14H2,1-2H3,(H,23,26,28)/p+1/t15-,18+/m0/s1. The number of carbonyl (C=O) groups excluding carboxylic acids is 2. The van der Waals surface area contributed by atoms with Crippen molar-refractivity contribution in [1.82, 2.24) is 10.2 Å². The Morgan fingerprint density at radius 1 is 1.29 bits per heavy atom. The first-order chi connectivity index (χ1) is 13.5. The number of piperidine rings is 1. The van der Waals surface area contributed by atoms with E-state index in [1.54, 1.807) is 11.1 Å². The van der Waals surface area contributed by atoms with Crippen LogP contribution in [0.4, 0.5) is 0 Å². The summed E-state index contributed by atoms with van der Waals surface area (Å²) in [5, 5.41) is 2.85. The van der Waals surface area contributed by atoms with E-state index in [9.17, 15) is 9.59 Å². The van der Waals surface area contributed by atoms with Crippen molar-refractivity contribution in [2.75, 3.05) is 13.1 Å². The minimum atomic E-state index is -0.879. The predicted octanol–water partition coefficient (Wildman–Crippen LogP) is 0.963. The Balaban J connectivity index is 1.55. The molecule has 1 aromatic rings. The monoisotopic (exact) mass is 401 g/mol. The van der Waals surface area contributed by atoms with Crippen LogP contribution in [-0.4, -0.2) is 53.2 Å². The number of amides is 2. The average Bonchev–Trinajstić information content (AvgIpc) is 2.69. The van der Waals surface area contributed by atoms with Crippen molar-refractivity contribution in [2.45, 2.75) is 51.7 Å². The van der Waals surface area contributed by atoms with E-state index >= 15 is 0 Å². The molecule has 2 N–H and O–H groups in total. The van der Waals surface area contributed by atoms with E-state index in [2.05, 4.69) is 34.6 Å². The van der Waals surface area contributed by atoms with Crippen LogP contribution in [0.25, 0.3) is 0 Å². The van der Waals surface area contributed by atoms with E-state index in [0.29, 0.717) is 0 Å². The zero-order chi connectivity index (χ0) is 20.1. The van der Waals surface area contributed by atoms with Gasteiger partial charge in [0.1, 0.15) is 6.54 Å². The molecule has 150 valence electrons. The summed E-state index contributed by atoms with van der Waals surface area (Å²) in [5.41, 5.74) is 1.35. The summed E-state index contributed by atoms with van der Waals surface area (Å²) in [7, 11) is 0. The molecule has 28 heavy (non-hydrogen) atoms. The van der Waals surface area contributed by atoms with E-state index in [4.69, 9.17) is 12.2 Å². The molecule has 2 aliphatic heterocycles. The minimum absolute atomic E-state index is 0.0404. The number of quaternary nitrogens is 1. The van der Waals surface area contributed by atoms with Crippen molar-refractivity contribution in [1.29, 1.82) is 0 Å². The lowest BCUT2D eigenvalue weighted by atomic mass is 10.0. The Labute approximate surface area is 172 Å². The Bertz CT molecular complexity index is 744. The largest absolute Gasteiger partial charge is 0.331 e. The van der Waals surface area contributed by atoms with Crippen molar-refractivity contribution < 1.29 is 14.5 Å². The number of nitrogens with one attached hydrogen (secondary N) is 2. The van der Waals surface area contributed by atoms with E-state index < -0.39 is 5.92 Å². The van der Waals surface area contributed by atoms with Crippen LogP contribution in [0.1, 0.15) is 38.7 Å². The van der Waals surface area contributed by atoms with Gasteiger partial charge in [0.15, 0.2) is 11.0 Å². The third-order valence-electron chi connectivity index (χ3n) is 5.67. The molecule has 6 nitrogen and oxygen atoms in total. The van der Waals surface area contributed by atoms with Gasteiger partial charge in [0.2, 0.25) is 11.8 Å². The zero-order valence-electron chi connectivity index (χ0n) is 16.6. The maximum Gasteiger partial charge on any atom is 0.247 e. The van der Waals surface area contributed by atoms with Gasteiger partial charge in [-0.3, -0.25) is 19.5 Å². The van der Waals surface area contributed by atoms with Crippen LogP contribution < -0.4 is 10.2 Å². The van der Waals surface area contributed by atoms with Gasteiger partial charge in [0.25, 0.3) is 0 Å². The van der Waals surface area contributed by atoms with Crippen LogP contribution in [0.3, 0.4) is 0 Å². The van der Waals surface area contributed by atoms with Crippen molar-refractivity contribution in [3.63, 3.8) is 0 Å². The summed E-state index contributed by atoms with van der Waals surface area (Å²) in [4.78, 5) is 32.7. The fraction of sp³-hybridized carbons (Fsp3) is 0.524. The molecule has 2 atom stereocenters. The molecule has 0 saturated carbocycles. The number of hydrogen-bond donors (Lipinski definition) is 2. The summed E-state index contributed by atoms with van der Waals surface area (Å²) in [5.74, 6) is -1.51. The summed E-state index contributed by atoms with van der Waals surface area (Å²) in [6, 6.07) is 10.7. The number of carbonyl (C=O) groups is 2. The topological polar surface area (TPSA) is 66.2 Å². The van der Waals surface area contributed by atoms with Gasteiger partial charge in [-0.15, -0.1) is 0 Å². The van der Waals surface area contributed by atoms with E-state index in [-0.39, 0.29) is 29.0 Å². The fourth-order valence-electron chi connectivity index (χ4n) is 3.77. The van der Waals surface area contributed by atoms with Gasteiger partial charge in [0.05, 0.1) is 19.1 Å². The molecule has 2 amide bonds. The quantitative estimate of drug-likeness (QED) is 0.424. The molecule has 2 heterocycles. The molecule has 2 aliphatic rings. The highest BCUT2D eigenvalue weighted by Gasteiger charge is 2.39. The number of thiocarbonyl (C=S) groups is 1. The van der Waals surface area contributed by atoms with Gasteiger partial charge in [0, 0.05) is 30.7 Å². The van der Waals surface area contributed by atoms with E-state index in [1.165, 1.54) is 10.5 Å². The molecule has 2 saturated heterocycles. The molecule has 0 unspecified atom stereocenters. The number of benzene rings is 1. The van der Waals surface area contributed by atoms with Crippen LogP contribution in [0.15, 0.2) is 35.3 Å². The second-order valence-corrected chi connectivity index (χ2v) is 8.07. The number of hydrogen-bond acceptors (Lipinski definition) is 4. The number of nitrogens with zero attached hydrogens (tertiary/aromatic N) is 2. The molecule has 0 aliphatic carbocycles. The number of likely N-dealkylation sites (tertiary alicyclic amines) is 1. The molecule has 7 heteroatoms. The van der Waals surface area contributed by atoms with Crippen LogP contribution >= 0.6 is 12.2 Å². The second kappa shape index (κ2) is 9.39. The van der Waals surface area contributed by atoms with Crippen molar-refractivity contribution in [3.05, 3.63) is 35.9 Å². The molecule has 0 spiro atoms. The lowest BCUT2D eigenvalue weighted by Crippen LogP contribution is -3.12. The van der Waals surface area contributed by atoms with Crippen molar-refractivity contribution in [2.24, 2.45) is 10.9 Å². The molecule has 2 fully saturated rings. The van der Waals surface area contributed by atoms with Gasteiger partial charge in [-0.1, -0.05) is 37.3 Å². The molecule has 0 bridgehead atoms. The van der Waals surface area contributed by atoms with Gasteiger partial charge < -0.3 is 10.2 Å². The first-order valence-electron chi connectivity index (χ1n) is 10.1.